The maximum Gasteiger partial charge on any atom is 0.236 e. The molecule has 0 N–H and O–H groups in total. The number of halogens is 1. The largest absolute Gasteiger partial charge is 0.280 e. The van der Waals surface area contributed by atoms with Gasteiger partial charge in [0, 0.05) is 0 Å². The van der Waals surface area contributed by atoms with Crippen LogP contribution in [-0.2, 0) is 10.2 Å². The first kappa shape index (κ1) is 15.3. The fourth-order valence-corrected chi connectivity index (χ4v) is 4.02. The molecule has 0 saturated carbocycles. The number of hydrogen-bond acceptors (Lipinski definition) is 1. The first-order valence-corrected chi connectivity index (χ1v) is 8.49. The van der Waals surface area contributed by atoms with Crippen molar-refractivity contribution in [3.63, 3.8) is 0 Å². The summed E-state index contributed by atoms with van der Waals surface area (Å²) in [6, 6.07) is 16.4. The molecule has 0 amide bonds. The highest BCUT2D eigenvalue weighted by molar-refractivity contribution is 6.66. The minimum atomic E-state index is -0.664. The second kappa shape index (κ2) is 6.26. The molecule has 0 bridgehead atoms. The number of hydrogen-bond donors (Lipinski definition) is 0. The average Bonchev–Trinajstić information content (AvgIpc) is 2.83. The van der Waals surface area contributed by atoms with Gasteiger partial charge in [0.05, 0.1) is 5.41 Å². The number of carbonyl (C=O) groups is 1. The Hall–Kier alpha value is -1.60. The smallest absolute Gasteiger partial charge is 0.236 e. The number of fused-ring (bicyclic) bond motifs is 3. The summed E-state index contributed by atoms with van der Waals surface area (Å²) in [5.41, 5.74) is 3.80. The average molecular weight is 313 g/mol. The van der Waals surface area contributed by atoms with Crippen LogP contribution in [0.4, 0.5) is 0 Å². The van der Waals surface area contributed by atoms with E-state index in [4.69, 9.17) is 11.6 Å². The van der Waals surface area contributed by atoms with Crippen LogP contribution in [0.15, 0.2) is 48.5 Å². The molecule has 2 heteroatoms. The molecule has 0 fully saturated rings. The third-order valence-corrected chi connectivity index (χ3v) is 5.13. The summed E-state index contributed by atoms with van der Waals surface area (Å²) < 4.78 is 0. The van der Waals surface area contributed by atoms with E-state index in [0.29, 0.717) is 0 Å². The third kappa shape index (κ3) is 2.28. The van der Waals surface area contributed by atoms with E-state index in [-0.39, 0.29) is 5.24 Å². The zero-order valence-corrected chi connectivity index (χ0v) is 13.7. The number of carbonyl (C=O) groups excluding carboxylic acids is 1. The van der Waals surface area contributed by atoms with Gasteiger partial charge in [-0.05, 0) is 40.3 Å². The SMILES string of the molecule is CCCCCCC1(C(=O)Cl)c2ccccc2-c2ccccc21. The highest BCUT2D eigenvalue weighted by atomic mass is 35.5. The molecule has 0 saturated heterocycles. The van der Waals surface area contributed by atoms with E-state index in [0.717, 1.165) is 41.5 Å². The Bertz CT molecular complexity index is 644. The lowest BCUT2D eigenvalue weighted by Gasteiger charge is -2.28. The minimum Gasteiger partial charge on any atom is -0.280 e. The molecule has 0 heterocycles. The van der Waals surface area contributed by atoms with Crippen LogP contribution in [0.2, 0.25) is 0 Å². The Morgan fingerprint density at radius 2 is 1.45 bits per heavy atom. The van der Waals surface area contributed by atoms with Gasteiger partial charge in [-0.15, -0.1) is 0 Å². The van der Waals surface area contributed by atoms with E-state index in [1.54, 1.807) is 0 Å². The lowest BCUT2D eigenvalue weighted by Crippen LogP contribution is -2.32. The molecule has 1 aliphatic carbocycles. The van der Waals surface area contributed by atoms with Gasteiger partial charge in [0.25, 0.3) is 0 Å². The highest BCUT2D eigenvalue weighted by Gasteiger charge is 2.47. The molecule has 114 valence electrons. The van der Waals surface area contributed by atoms with Gasteiger partial charge in [0.2, 0.25) is 5.24 Å². The Morgan fingerprint density at radius 3 is 1.95 bits per heavy atom. The molecule has 1 aliphatic rings. The van der Waals surface area contributed by atoms with Crippen molar-refractivity contribution < 1.29 is 4.79 Å². The van der Waals surface area contributed by atoms with Crippen molar-refractivity contribution >= 4 is 16.8 Å². The van der Waals surface area contributed by atoms with Gasteiger partial charge in [0.1, 0.15) is 0 Å². The van der Waals surface area contributed by atoms with Crippen molar-refractivity contribution in [1.82, 2.24) is 0 Å². The highest BCUT2D eigenvalue weighted by Crippen LogP contribution is 2.52. The van der Waals surface area contributed by atoms with E-state index >= 15 is 0 Å². The molecular weight excluding hydrogens is 292 g/mol. The number of rotatable bonds is 6. The second-order valence-electron chi connectivity index (χ2n) is 6.08. The lowest BCUT2D eigenvalue weighted by atomic mass is 9.75. The summed E-state index contributed by atoms with van der Waals surface area (Å²) in [5.74, 6) is 0. The van der Waals surface area contributed by atoms with E-state index < -0.39 is 5.41 Å². The van der Waals surface area contributed by atoms with E-state index in [9.17, 15) is 4.79 Å². The molecule has 3 rings (SSSR count). The summed E-state index contributed by atoms with van der Waals surface area (Å²) >= 11 is 6.17. The molecule has 2 aromatic rings. The fraction of sp³-hybridized carbons (Fsp3) is 0.350. The molecule has 0 atom stereocenters. The normalized spacial score (nSPS) is 14.5. The zero-order chi connectivity index (χ0) is 15.6. The van der Waals surface area contributed by atoms with Crippen molar-refractivity contribution in [3.05, 3.63) is 59.7 Å². The Balaban J connectivity index is 2.10. The van der Waals surface area contributed by atoms with Gasteiger partial charge >= 0.3 is 0 Å². The summed E-state index contributed by atoms with van der Waals surface area (Å²) in [5, 5.41) is -0.249. The van der Waals surface area contributed by atoms with Crippen LogP contribution in [0.1, 0.15) is 50.2 Å². The van der Waals surface area contributed by atoms with Gasteiger partial charge < -0.3 is 0 Å². The summed E-state index contributed by atoms with van der Waals surface area (Å²) in [6.07, 6.45) is 5.36. The van der Waals surface area contributed by atoms with Crippen LogP contribution in [-0.4, -0.2) is 5.24 Å². The maximum absolute atomic E-state index is 12.5. The number of unbranched alkanes of at least 4 members (excludes halogenated alkanes) is 3. The first-order chi connectivity index (χ1) is 10.7. The van der Waals surface area contributed by atoms with Crippen LogP contribution < -0.4 is 0 Å². The van der Waals surface area contributed by atoms with Crippen molar-refractivity contribution in [1.29, 1.82) is 0 Å². The molecule has 0 spiro atoms. The van der Waals surface area contributed by atoms with Crippen LogP contribution in [0.3, 0.4) is 0 Å². The molecule has 0 unspecified atom stereocenters. The van der Waals surface area contributed by atoms with Gasteiger partial charge in [-0.2, -0.15) is 0 Å². The predicted octanol–water partition coefficient (Wildman–Crippen LogP) is 5.69. The Labute approximate surface area is 137 Å². The quantitative estimate of drug-likeness (QED) is 0.494. The standard InChI is InChI=1S/C20H21ClO/c1-2-3-4-9-14-20(19(21)22)17-12-7-5-10-15(17)16-11-6-8-13-18(16)20/h5-8,10-13H,2-4,9,14H2,1H3. The molecule has 1 nitrogen and oxygen atoms in total. The van der Waals surface area contributed by atoms with Crippen LogP contribution in [0, 0.1) is 0 Å². The monoisotopic (exact) mass is 312 g/mol. The maximum atomic E-state index is 12.5. The molecule has 0 aromatic heterocycles. The van der Waals surface area contributed by atoms with Gasteiger partial charge in [0.15, 0.2) is 0 Å². The van der Waals surface area contributed by atoms with E-state index in [2.05, 4.69) is 31.2 Å². The van der Waals surface area contributed by atoms with Crippen molar-refractivity contribution in [2.24, 2.45) is 0 Å². The Kier molecular flexibility index (Phi) is 4.35. The molecule has 0 aliphatic heterocycles. The van der Waals surface area contributed by atoms with Crippen molar-refractivity contribution in [2.45, 2.75) is 44.4 Å². The summed E-state index contributed by atoms with van der Waals surface area (Å²) in [4.78, 5) is 12.5. The third-order valence-electron chi connectivity index (χ3n) is 4.80. The van der Waals surface area contributed by atoms with Crippen LogP contribution >= 0.6 is 11.6 Å². The fourth-order valence-electron chi connectivity index (χ4n) is 3.72. The lowest BCUT2D eigenvalue weighted by molar-refractivity contribution is -0.115. The van der Waals surface area contributed by atoms with Gasteiger partial charge in [-0.25, -0.2) is 0 Å². The molecule has 0 radical (unpaired) electrons. The van der Waals surface area contributed by atoms with Crippen molar-refractivity contribution in [3.8, 4) is 11.1 Å². The van der Waals surface area contributed by atoms with E-state index in [1.165, 1.54) is 12.8 Å². The topological polar surface area (TPSA) is 17.1 Å². The molecule has 2 aromatic carbocycles. The van der Waals surface area contributed by atoms with Gasteiger partial charge in [-0.1, -0.05) is 81.1 Å². The number of benzene rings is 2. The van der Waals surface area contributed by atoms with Crippen LogP contribution in [0.5, 0.6) is 0 Å². The second-order valence-corrected chi connectivity index (χ2v) is 6.42. The first-order valence-electron chi connectivity index (χ1n) is 8.11. The van der Waals surface area contributed by atoms with Crippen LogP contribution in [0.25, 0.3) is 11.1 Å². The summed E-state index contributed by atoms with van der Waals surface area (Å²) in [6.45, 7) is 2.20. The molecular formula is C20H21ClO. The zero-order valence-electron chi connectivity index (χ0n) is 12.9. The Morgan fingerprint density at radius 1 is 0.909 bits per heavy atom. The predicted molar refractivity (Wildman–Crippen MR) is 92.3 cm³/mol. The van der Waals surface area contributed by atoms with Crippen molar-refractivity contribution in [2.75, 3.05) is 0 Å². The minimum absolute atomic E-state index is 0.249. The summed E-state index contributed by atoms with van der Waals surface area (Å²) in [7, 11) is 0. The molecule has 22 heavy (non-hydrogen) atoms. The van der Waals surface area contributed by atoms with E-state index in [1.807, 2.05) is 24.3 Å². The van der Waals surface area contributed by atoms with Gasteiger partial charge in [-0.3, -0.25) is 4.79 Å².